The molecule has 1 aromatic carbocycles. The maximum atomic E-state index is 11.7. The van der Waals surface area contributed by atoms with E-state index < -0.39 is 0 Å². The van der Waals surface area contributed by atoms with Crippen molar-refractivity contribution in [3.8, 4) is 0 Å². The number of quaternary nitrogens is 1. The molecule has 1 fully saturated rings. The highest BCUT2D eigenvalue weighted by Gasteiger charge is 2.22. The zero-order valence-corrected chi connectivity index (χ0v) is 13.1. The minimum Gasteiger partial charge on any atom is -0.360 e. The molecule has 0 aromatic heterocycles. The van der Waals surface area contributed by atoms with Crippen LogP contribution in [0.15, 0.2) is 30.9 Å². The van der Waals surface area contributed by atoms with Gasteiger partial charge < -0.3 is 15.1 Å². The number of hydrogen-bond acceptors (Lipinski definition) is 2. The third kappa shape index (κ3) is 4.33. The molecular formula is C17H26N3O+. The number of hydrogen-bond donors (Lipinski definition) is 2. The van der Waals surface area contributed by atoms with Crippen molar-refractivity contribution in [2.24, 2.45) is 0 Å². The number of rotatable bonds is 5. The fourth-order valence-electron chi connectivity index (χ4n) is 2.78. The number of carbonyl (C=O) groups excluding carboxylic acids is 1. The lowest BCUT2D eigenvalue weighted by atomic mass is 10.1. The second-order valence-corrected chi connectivity index (χ2v) is 5.80. The summed E-state index contributed by atoms with van der Waals surface area (Å²) in [4.78, 5) is 15.5. The Morgan fingerprint density at radius 2 is 2.10 bits per heavy atom. The Kier molecular flexibility index (Phi) is 5.39. The summed E-state index contributed by atoms with van der Waals surface area (Å²) in [6.07, 6.45) is 1.71. The van der Waals surface area contributed by atoms with Gasteiger partial charge in [-0.25, -0.2) is 0 Å². The molecule has 4 nitrogen and oxygen atoms in total. The first-order valence-electron chi connectivity index (χ1n) is 7.63. The average Bonchev–Trinajstić information content (AvgIpc) is 2.48. The first-order chi connectivity index (χ1) is 10.1. The lowest BCUT2D eigenvalue weighted by molar-refractivity contribution is -0.892. The van der Waals surface area contributed by atoms with Crippen molar-refractivity contribution in [2.45, 2.75) is 13.8 Å². The van der Waals surface area contributed by atoms with Crippen molar-refractivity contribution in [3.63, 3.8) is 0 Å². The van der Waals surface area contributed by atoms with Gasteiger partial charge in [-0.3, -0.25) is 4.79 Å². The topological polar surface area (TPSA) is 36.8 Å². The van der Waals surface area contributed by atoms with E-state index in [4.69, 9.17) is 0 Å². The number of aryl methyl sites for hydroxylation is 2. The summed E-state index contributed by atoms with van der Waals surface area (Å²) in [5, 5.41) is 2.85. The van der Waals surface area contributed by atoms with Crippen LogP contribution >= 0.6 is 0 Å². The Balaban J connectivity index is 1.87. The van der Waals surface area contributed by atoms with Gasteiger partial charge in [0.2, 0.25) is 0 Å². The molecule has 2 rings (SSSR count). The molecule has 1 aliphatic heterocycles. The predicted molar refractivity (Wildman–Crippen MR) is 86.9 cm³/mol. The van der Waals surface area contributed by atoms with Crippen LogP contribution in [0.5, 0.6) is 0 Å². The summed E-state index contributed by atoms with van der Waals surface area (Å²) in [6, 6.07) is 6.61. The standard InChI is InChI=1S/C17H25N3O/c1-4-7-18-17(21)13-19-8-10-20(11-9-19)16-12-14(2)5-6-15(16)3/h4-6,12H,1,7-11,13H2,2-3H3,(H,18,21)/p+1. The van der Waals surface area contributed by atoms with Crippen LogP contribution in [0.3, 0.4) is 0 Å². The first kappa shape index (κ1) is 15.6. The highest BCUT2D eigenvalue weighted by Crippen LogP contribution is 2.21. The van der Waals surface area contributed by atoms with E-state index in [9.17, 15) is 4.79 Å². The van der Waals surface area contributed by atoms with Crippen molar-refractivity contribution >= 4 is 11.6 Å². The second kappa shape index (κ2) is 7.27. The summed E-state index contributed by atoms with van der Waals surface area (Å²) in [6.45, 7) is 13.1. The van der Waals surface area contributed by atoms with Crippen molar-refractivity contribution < 1.29 is 9.69 Å². The third-order valence-corrected chi connectivity index (χ3v) is 4.03. The van der Waals surface area contributed by atoms with E-state index in [-0.39, 0.29) is 5.91 Å². The van der Waals surface area contributed by atoms with E-state index in [1.54, 1.807) is 6.08 Å². The number of anilines is 1. The fourth-order valence-corrected chi connectivity index (χ4v) is 2.78. The molecule has 2 N–H and O–H groups in total. The van der Waals surface area contributed by atoms with Crippen molar-refractivity contribution in [1.29, 1.82) is 0 Å². The summed E-state index contributed by atoms with van der Waals surface area (Å²) < 4.78 is 0. The lowest BCUT2D eigenvalue weighted by Crippen LogP contribution is -3.16. The summed E-state index contributed by atoms with van der Waals surface area (Å²) in [5.74, 6) is 0.116. The van der Waals surface area contributed by atoms with E-state index in [1.807, 2.05) is 0 Å². The number of amides is 1. The monoisotopic (exact) mass is 288 g/mol. The van der Waals surface area contributed by atoms with E-state index in [2.05, 4.69) is 48.8 Å². The lowest BCUT2D eigenvalue weighted by Gasteiger charge is -2.34. The number of benzene rings is 1. The number of piperazine rings is 1. The van der Waals surface area contributed by atoms with Crippen molar-refractivity contribution in [2.75, 3.05) is 44.2 Å². The molecule has 1 aromatic rings. The normalized spacial score (nSPS) is 15.8. The van der Waals surface area contributed by atoms with E-state index in [0.29, 0.717) is 13.1 Å². The molecule has 1 aliphatic rings. The van der Waals surface area contributed by atoms with Crippen LogP contribution in [0, 0.1) is 13.8 Å². The van der Waals surface area contributed by atoms with Gasteiger partial charge in [0, 0.05) is 12.2 Å². The average molecular weight is 288 g/mol. The predicted octanol–water partition coefficient (Wildman–Crippen LogP) is 0.311. The van der Waals surface area contributed by atoms with E-state index in [1.165, 1.54) is 21.7 Å². The maximum Gasteiger partial charge on any atom is 0.275 e. The number of nitrogens with one attached hydrogen (secondary N) is 2. The van der Waals surface area contributed by atoms with Gasteiger partial charge in [-0.05, 0) is 31.0 Å². The molecule has 1 saturated heterocycles. The van der Waals surface area contributed by atoms with Crippen molar-refractivity contribution in [1.82, 2.24) is 5.32 Å². The zero-order valence-electron chi connectivity index (χ0n) is 13.1. The SMILES string of the molecule is C=CCNC(=O)C[NH+]1CCN(c2cc(C)ccc2C)CC1. The molecule has 0 spiro atoms. The molecule has 0 bridgehead atoms. The third-order valence-electron chi connectivity index (χ3n) is 4.03. The van der Waals surface area contributed by atoms with Gasteiger partial charge in [-0.2, -0.15) is 0 Å². The minimum absolute atomic E-state index is 0.116. The number of carbonyl (C=O) groups is 1. The van der Waals surface area contributed by atoms with Crippen LogP contribution in [0.1, 0.15) is 11.1 Å². The maximum absolute atomic E-state index is 11.7. The van der Waals surface area contributed by atoms with E-state index >= 15 is 0 Å². The van der Waals surface area contributed by atoms with Gasteiger partial charge in [-0.15, -0.1) is 6.58 Å². The molecule has 0 saturated carbocycles. The Bertz CT molecular complexity index is 505. The Morgan fingerprint density at radius 3 is 2.76 bits per heavy atom. The highest BCUT2D eigenvalue weighted by atomic mass is 16.2. The summed E-state index contributed by atoms with van der Waals surface area (Å²) in [7, 11) is 0. The van der Waals surface area contributed by atoms with Crippen LogP contribution in [0.25, 0.3) is 0 Å². The van der Waals surface area contributed by atoms with E-state index in [0.717, 1.165) is 26.2 Å². The Morgan fingerprint density at radius 1 is 1.38 bits per heavy atom. The first-order valence-corrected chi connectivity index (χ1v) is 7.63. The van der Waals surface area contributed by atoms with Gasteiger partial charge in [0.05, 0.1) is 26.2 Å². The molecular weight excluding hydrogens is 262 g/mol. The quantitative estimate of drug-likeness (QED) is 0.765. The smallest absolute Gasteiger partial charge is 0.275 e. The highest BCUT2D eigenvalue weighted by molar-refractivity contribution is 5.76. The Labute approximate surface area is 127 Å². The van der Waals surface area contributed by atoms with Gasteiger partial charge in [0.25, 0.3) is 5.91 Å². The number of nitrogens with zero attached hydrogens (tertiary/aromatic N) is 1. The van der Waals surface area contributed by atoms with Crippen LogP contribution in [-0.2, 0) is 4.79 Å². The molecule has 21 heavy (non-hydrogen) atoms. The van der Waals surface area contributed by atoms with Crippen LogP contribution in [0.4, 0.5) is 5.69 Å². The molecule has 0 atom stereocenters. The molecule has 1 heterocycles. The zero-order chi connectivity index (χ0) is 15.2. The minimum atomic E-state index is 0.116. The van der Waals surface area contributed by atoms with Gasteiger partial charge in [0.15, 0.2) is 6.54 Å². The van der Waals surface area contributed by atoms with Crippen molar-refractivity contribution in [3.05, 3.63) is 42.0 Å². The molecule has 0 radical (unpaired) electrons. The molecule has 0 unspecified atom stereocenters. The van der Waals surface area contributed by atoms with Gasteiger partial charge >= 0.3 is 0 Å². The molecule has 1 amide bonds. The molecule has 4 heteroatoms. The van der Waals surface area contributed by atoms with Gasteiger partial charge in [0.1, 0.15) is 0 Å². The summed E-state index contributed by atoms with van der Waals surface area (Å²) in [5.41, 5.74) is 3.96. The largest absolute Gasteiger partial charge is 0.360 e. The Hall–Kier alpha value is -1.81. The molecule has 114 valence electrons. The molecule has 0 aliphatic carbocycles. The van der Waals surface area contributed by atoms with Crippen LogP contribution < -0.4 is 15.1 Å². The summed E-state index contributed by atoms with van der Waals surface area (Å²) >= 11 is 0. The second-order valence-electron chi connectivity index (χ2n) is 5.80. The van der Waals surface area contributed by atoms with Crippen LogP contribution in [0.2, 0.25) is 0 Å². The van der Waals surface area contributed by atoms with Crippen LogP contribution in [-0.4, -0.2) is 45.2 Å². The fraction of sp³-hybridized carbons (Fsp3) is 0.471. The van der Waals surface area contributed by atoms with Gasteiger partial charge in [-0.1, -0.05) is 18.2 Å².